The highest BCUT2D eigenvalue weighted by atomic mass is 35.5. The number of hydrogen-bond acceptors (Lipinski definition) is 4. The lowest BCUT2D eigenvalue weighted by Crippen LogP contribution is -2.53. The number of carbonyl (C=O) groups excluding carboxylic acids is 2. The summed E-state index contributed by atoms with van der Waals surface area (Å²) in [5, 5.41) is 3.91. The molecule has 2 amide bonds. The van der Waals surface area contributed by atoms with Gasteiger partial charge < -0.3 is 10.2 Å². The third-order valence-corrected chi connectivity index (χ3v) is 10.1. The van der Waals surface area contributed by atoms with Crippen molar-refractivity contribution >= 4 is 50.7 Å². The molecule has 0 bridgehead atoms. The normalized spacial score (nSPS) is 14.4. The molecule has 1 saturated carbocycles. The first-order valence-electron chi connectivity index (χ1n) is 14.2. The summed E-state index contributed by atoms with van der Waals surface area (Å²) in [4.78, 5) is 29.4. The number of carbonyl (C=O) groups is 2. The number of halogens is 2. The summed E-state index contributed by atoms with van der Waals surface area (Å²) in [6, 6.07) is 17.8. The van der Waals surface area contributed by atoms with Crippen molar-refractivity contribution in [2.75, 3.05) is 10.8 Å². The molecule has 10 heteroatoms. The minimum atomic E-state index is -4.14. The number of amides is 2. The van der Waals surface area contributed by atoms with Crippen LogP contribution >= 0.6 is 23.2 Å². The summed E-state index contributed by atoms with van der Waals surface area (Å²) < 4.78 is 29.2. The van der Waals surface area contributed by atoms with E-state index in [0.29, 0.717) is 33.3 Å². The molecule has 1 N–H and O–H groups in total. The molecule has 0 radical (unpaired) electrons. The van der Waals surface area contributed by atoms with Crippen molar-refractivity contribution in [3.63, 3.8) is 0 Å². The van der Waals surface area contributed by atoms with Gasteiger partial charge in [0.1, 0.15) is 12.6 Å². The van der Waals surface area contributed by atoms with E-state index in [1.165, 1.54) is 17.0 Å². The highest BCUT2D eigenvalue weighted by Gasteiger charge is 2.35. The zero-order valence-electron chi connectivity index (χ0n) is 24.1. The Bertz CT molecular complexity index is 1520. The maximum Gasteiger partial charge on any atom is 0.264 e. The lowest BCUT2D eigenvalue weighted by molar-refractivity contribution is -0.140. The standard InChI is InChI=1S/C32H37Cl2N3O4S/c1-4-29(32(39)35-26-10-6-7-11-26)36(20-24-15-16-25(33)19-28(24)34)31(38)21-37(30-12-8-5-9-23(30)3)42(40,41)27-17-13-22(2)14-18-27/h5,8-9,12-19,26,29H,4,6-7,10-11,20-21H2,1-3H3,(H,35,39). The van der Waals surface area contributed by atoms with E-state index < -0.39 is 28.5 Å². The van der Waals surface area contributed by atoms with Gasteiger partial charge in [-0.15, -0.1) is 0 Å². The predicted octanol–water partition coefficient (Wildman–Crippen LogP) is 6.67. The molecule has 1 fully saturated rings. The molecule has 0 aliphatic heterocycles. The van der Waals surface area contributed by atoms with Crippen LogP contribution in [0.25, 0.3) is 0 Å². The van der Waals surface area contributed by atoms with Crippen LogP contribution in [0.1, 0.15) is 55.7 Å². The molecule has 1 aliphatic carbocycles. The van der Waals surface area contributed by atoms with Crippen molar-refractivity contribution in [3.05, 3.63) is 93.5 Å². The van der Waals surface area contributed by atoms with Crippen molar-refractivity contribution in [1.82, 2.24) is 10.2 Å². The van der Waals surface area contributed by atoms with Crippen molar-refractivity contribution in [2.45, 2.75) is 76.4 Å². The Morgan fingerprint density at radius 1 is 0.976 bits per heavy atom. The fraction of sp³-hybridized carbons (Fsp3) is 0.375. The second-order valence-electron chi connectivity index (χ2n) is 10.8. The van der Waals surface area contributed by atoms with E-state index in [1.807, 2.05) is 19.9 Å². The molecule has 224 valence electrons. The maximum atomic E-state index is 14.3. The van der Waals surface area contributed by atoms with Gasteiger partial charge in [0.25, 0.3) is 10.0 Å². The van der Waals surface area contributed by atoms with Gasteiger partial charge in [-0.1, -0.05) is 84.9 Å². The Labute approximate surface area is 258 Å². The Morgan fingerprint density at radius 2 is 1.64 bits per heavy atom. The molecule has 3 aromatic carbocycles. The summed E-state index contributed by atoms with van der Waals surface area (Å²) in [6.45, 7) is 5.02. The summed E-state index contributed by atoms with van der Waals surface area (Å²) >= 11 is 12.6. The monoisotopic (exact) mass is 629 g/mol. The van der Waals surface area contributed by atoms with Crippen LogP contribution in [0.3, 0.4) is 0 Å². The number of para-hydroxylation sites is 1. The van der Waals surface area contributed by atoms with Crippen LogP contribution in [0.2, 0.25) is 10.0 Å². The van der Waals surface area contributed by atoms with E-state index >= 15 is 0 Å². The molecule has 0 aromatic heterocycles. The number of rotatable bonds is 11. The Kier molecular flexibility index (Phi) is 10.6. The topological polar surface area (TPSA) is 86.8 Å². The van der Waals surface area contributed by atoms with Crippen LogP contribution in [0.15, 0.2) is 71.6 Å². The molecule has 0 saturated heterocycles. The predicted molar refractivity (Wildman–Crippen MR) is 168 cm³/mol. The average molecular weight is 631 g/mol. The molecule has 1 aliphatic rings. The van der Waals surface area contributed by atoms with Gasteiger partial charge in [-0.25, -0.2) is 8.42 Å². The van der Waals surface area contributed by atoms with E-state index in [1.54, 1.807) is 55.5 Å². The quantitative estimate of drug-likeness (QED) is 0.256. The Balaban J connectivity index is 1.74. The highest BCUT2D eigenvalue weighted by molar-refractivity contribution is 7.92. The lowest BCUT2D eigenvalue weighted by Gasteiger charge is -2.34. The van der Waals surface area contributed by atoms with Gasteiger partial charge in [0.2, 0.25) is 11.8 Å². The second-order valence-corrected chi connectivity index (χ2v) is 13.5. The van der Waals surface area contributed by atoms with Gasteiger partial charge in [0.05, 0.1) is 10.6 Å². The number of hydrogen-bond donors (Lipinski definition) is 1. The zero-order valence-corrected chi connectivity index (χ0v) is 26.5. The van der Waals surface area contributed by atoms with E-state index in [0.717, 1.165) is 35.6 Å². The van der Waals surface area contributed by atoms with Crippen molar-refractivity contribution in [3.8, 4) is 0 Å². The Morgan fingerprint density at radius 3 is 2.26 bits per heavy atom. The molecule has 42 heavy (non-hydrogen) atoms. The van der Waals surface area contributed by atoms with Crippen LogP contribution in [0.5, 0.6) is 0 Å². The van der Waals surface area contributed by atoms with Gasteiger partial charge in [-0.2, -0.15) is 0 Å². The van der Waals surface area contributed by atoms with Gasteiger partial charge in [-0.05, 0) is 74.6 Å². The summed E-state index contributed by atoms with van der Waals surface area (Å²) in [6.07, 6.45) is 4.23. The van der Waals surface area contributed by atoms with E-state index in [9.17, 15) is 18.0 Å². The average Bonchev–Trinajstić information content (AvgIpc) is 3.46. The van der Waals surface area contributed by atoms with E-state index in [4.69, 9.17) is 23.2 Å². The second kappa shape index (κ2) is 13.9. The van der Waals surface area contributed by atoms with Gasteiger partial charge in [0.15, 0.2) is 0 Å². The molecule has 7 nitrogen and oxygen atoms in total. The number of sulfonamides is 1. The molecule has 3 aromatic rings. The fourth-order valence-corrected chi connectivity index (χ4v) is 7.26. The first kappa shape index (κ1) is 31.9. The zero-order chi connectivity index (χ0) is 30.4. The van der Waals surface area contributed by atoms with Crippen LogP contribution < -0.4 is 9.62 Å². The number of aryl methyl sites for hydroxylation is 2. The van der Waals surface area contributed by atoms with Gasteiger partial charge in [0, 0.05) is 22.6 Å². The molecular weight excluding hydrogens is 593 g/mol. The smallest absolute Gasteiger partial charge is 0.264 e. The summed E-state index contributed by atoms with van der Waals surface area (Å²) in [7, 11) is -4.14. The SMILES string of the molecule is CCC(C(=O)NC1CCCC1)N(Cc1ccc(Cl)cc1Cl)C(=O)CN(c1ccccc1C)S(=O)(=O)c1ccc(C)cc1. The largest absolute Gasteiger partial charge is 0.352 e. The molecular formula is C32H37Cl2N3O4S. The molecule has 0 spiro atoms. The maximum absolute atomic E-state index is 14.3. The first-order valence-corrected chi connectivity index (χ1v) is 16.4. The van der Waals surface area contributed by atoms with Crippen LogP contribution in [0, 0.1) is 13.8 Å². The summed E-state index contributed by atoms with van der Waals surface area (Å²) in [5.41, 5.74) is 2.60. The molecule has 1 unspecified atom stereocenters. The van der Waals surface area contributed by atoms with Crippen LogP contribution in [0.4, 0.5) is 5.69 Å². The highest BCUT2D eigenvalue weighted by Crippen LogP contribution is 2.29. The van der Waals surface area contributed by atoms with Crippen LogP contribution in [-0.4, -0.2) is 43.8 Å². The Hall–Kier alpha value is -3.07. The number of nitrogens with zero attached hydrogens (tertiary/aromatic N) is 2. The first-order chi connectivity index (χ1) is 20.0. The van der Waals surface area contributed by atoms with Crippen molar-refractivity contribution in [2.24, 2.45) is 0 Å². The van der Waals surface area contributed by atoms with E-state index in [2.05, 4.69) is 5.32 Å². The van der Waals surface area contributed by atoms with Gasteiger partial charge in [-0.3, -0.25) is 13.9 Å². The lowest BCUT2D eigenvalue weighted by atomic mass is 10.1. The molecule has 1 atom stereocenters. The van der Waals surface area contributed by atoms with E-state index in [-0.39, 0.29) is 23.4 Å². The van der Waals surface area contributed by atoms with Crippen LogP contribution in [-0.2, 0) is 26.2 Å². The number of nitrogens with one attached hydrogen (secondary N) is 1. The molecule has 0 heterocycles. The minimum Gasteiger partial charge on any atom is -0.352 e. The number of anilines is 1. The molecule has 4 rings (SSSR count). The third kappa shape index (κ3) is 7.46. The fourth-order valence-electron chi connectivity index (χ4n) is 5.31. The summed E-state index contributed by atoms with van der Waals surface area (Å²) in [5.74, 6) is -0.778. The third-order valence-electron chi connectivity index (χ3n) is 7.72. The number of benzene rings is 3. The minimum absolute atomic E-state index is 0.0115. The van der Waals surface area contributed by atoms with Gasteiger partial charge >= 0.3 is 0 Å². The van der Waals surface area contributed by atoms with Crippen molar-refractivity contribution < 1.29 is 18.0 Å². The van der Waals surface area contributed by atoms with Crippen molar-refractivity contribution in [1.29, 1.82) is 0 Å².